The van der Waals surface area contributed by atoms with Crippen molar-refractivity contribution >= 4 is 24.1 Å². The fraction of sp³-hybridized carbons (Fsp3) is 0.600. The van der Waals surface area contributed by atoms with Crippen molar-refractivity contribution in [3.63, 3.8) is 0 Å². The van der Waals surface area contributed by atoms with E-state index in [1.807, 2.05) is 6.92 Å². The molecule has 1 heterocycles. The van der Waals surface area contributed by atoms with E-state index in [-0.39, 0.29) is 23.1 Å². The molecule has 1 aliphatic rings. The van der Waals surface area contributed by atoms with Crippen molar-refractivity contribution in [2.45, 2.75) is 50.1 Å². The number of thioether (sulfide) groups is 1. The van der Waals surface area contributed by atoms with Crippen LogP contribution in [0.25, 0.3) is 0 Å². The molecular weight excluding hydrogens is 389 g/mol. The van der Waals surface area contributed by atoms with Gasteiger partial charge < -0.3 is 10.2 Å². The highest BCUT2D eigenvalue weighted by atomic mass is 32.2. The minimum atomic E-state index is -4.36. The van der Waals surface area contributed by atoms with Crippen LogP contribution in [0, 0.1) is 17.8 Å². The Morgan fingerprint density at radius 2 is 1.93 bits per heavy atom. The van der Waals surface area contributed by atoms with Crippen LogP contribution in [0.2, 0.25) is 0 Å². The summed E-state index contributed by atoms with van der Waals surface area (Å²) >= 11 is 1.29. The Bertz CT molecular complexity index is 666. The maximum atomic E-state index is 12.8. The molecule has 4 unspecified atom stereocenters. The van der Waals surface area contributed by atoms with Crippen molar-refractivity contribution in [2.75, 3.05) is 13.1 Å². The number of hydrogen-bond acceptors (Lipinski definition) is 3. The number of nitrogens with one attached hydrogen (secondary N) is 1. The van der Waals surface area contributed by atoms with Crippen LogP contribution >= 0.6 is 11.8 Å². The number of amides is 2. The number of nitrogens with zero attached hydrogens (tertiary/aromatic N) is 1. The topological polar surface area (TPSA) is 49.4 Å². The maximum Gasteiger partial charge on any atom is 0.416 e. The van der Waals surface area contributed by atoms with E-state index in [0.717, 1.165) is 31.4 Å². The molecule has 0 aliphatic carbocycles. The van der Waals surface area contributed by atoms with Gasteiger partial charge in [-0.3, -0.25) is 9.59 Å². The van der Waals surface area contributed by atoms with Gasteiger partial charge in [0.05, 0.1) is 16.9 Å². The van der Waals surface area contributed by atoms with Gasteiger partial charge in [-0.1, -0.05) is 13.8 Å². The monoisotopic (exact) mass is 416 g/mol. The predicted molar refractivity (Wildman–Crippen MR) is 104 cm³/mol. The number of carbonyl (C=O) groups is 2. The van der Waals surface area contributed by atoms with E-state index in [1.54, 1.807) is 11.8 Å². The van der Waals surface area contributed by atoms with Crippen LogP contribution in [-0.2, 0) is 15.8 Å². The molecule has 1 aromatic carbocycles. The first kappa shape index (κ1) is 22.6. The Hall–Kier alpha value is -1.70. The van der Waals surface area contributed by atoms with Crippen LogP contribution in [0.4, 0.5) is 13.2 Å². The van der Waals surface area contributed by atoms with Gasteiger partial charge in [0.15, 0.2) is 0 Å². The second-order valence-electron chi connectivity index (χ2n) is 7.60. The summed E-state index contributed by atoms with van der Waals surface area (Å²) in [6.07, 6.45) is -1.72. The van der Waals surface area contributed by atoms with E-state index in [1.165, 1.54) is 23.9 Å². The maximum absolute atomic E-state index is 12.8. The number of halogens is 3. The summed E-state index contributed by atoms with van der Waals surface area (Å²) in [6.45, 7) is 7.00. The SMILES string of the molecule is CC1CCN(C=O)CC(C(=O)NC(C)Sc2ccc(C(F)(F)F)cc2)C(C)C1. The van der Waals surface area contributed by atoms with Crippen molar-refractivity contribution in [3.8, 4) is 0 Å². The van der Waals surface area contributed by atoms with Crippen LogP contribution in [0.3, 0.4) is 0 Å². The zero-order valence-corrected chi connectivity index (χ0v) is 17.1. The number of rotatable bonds is 5. The molecule has 0 bridgehead atoms. The van der Waals surface area contributed by atoms with Crippen LogP contribution < -0.4 is 5.32 Å². The van der Waals surface area contributed by atoms with Gasteiger partial charge in [-0.05, 0) is 55.9 Å². The number of alkyl halides is 3. The predicted octanol–water partition coefficient (Wildman–Crippen LogP) is 4.40. The number of likely N-dealkylation sites (tertiary alicyclic amines) is 1. The highest BCUT2D eigenvalue weighted by Gasteiger charge is 2.32. The molecule has 2 amide bonds. The standard InChI is InChI=1S/C20H27F3N2O2S/c1-13-8-9-25(12-26)11-18(14(2)10-13)19(27)24-15(3)28-17-6-4-16(5-7-17)20(21,22)23/h4-7,12-15,18H,8-11H2,1-3H3,(H,24,27). The van der Waals surface area contributed by atoms with Crippen molar-refractivity contribution in [1.29, 1.82) is 0 Å². The van der Waals surface area contributed by atoms with Gasteiger partial charge in [-0.2, -0.15) is 13.2 Å². The van der Waals surface area contributed by atoms with Gasteiger partial charge in [0.25, 0.3) is 0 Å². The molecule has 8 heteroatoms. The Morgan fingerprint density at radius 1 is 1.29 bits per heavy atom. The number of hydrogen-bond donors (Lipinski definition) is 1. The summed E-state index contributed by atoms with van der Waals surface area (Å²) in [5.74, 6) is 0.150. The van der Waals surface area contributed by atoms with E-state index < -0.39 is 11.7 Å². The molecule has 4 atom stereocenters. The molecule has 28 heavy (non-hydrogen) atoms. The van der Waals surface area contributed by atoms with Crippen molar-refractivity contribution in [3.05, 3.63) is 29.8 Å². The van der Waals surface area contributed by atoms with Crippen molar-refractivity contribution in [1.82, 2.24) is 10.2 Å². The largest absolute Gasteiger partial charge is 0.416 e. The molecule has 0 spiro atoms. The molecule has 1 fully saturated rings. The Kier molecular flexibility index (Phi) is 7.80. The van der Waals surface area contributed by atoms with E-state index >= 15 is 0 Å². The third-order valence-electron chi connectivity index (χ3n) is 5.13. The fourth-order valence-electron chi connectivity index (χ4n) is 3.53. The van der Waals surface area contributed by atoms with Crippen LogP contribution in [0.1, 0.15) is 39.2 Å². The summed E-state index contributed by atoms with van der Waals surface area (Å²) in [6, 6.07) is 4.89. The van der Waals surface area contributed by atoms with Crippen LogP contribution in [0.5, 0.6) is 0 Å². The number of carbonyl (C=O) groups excluding carboxylic acids is 2. The third kappa shape index (κ3) is 6.43. The first-order valence-electron chi connectivity index (χ1n) is 9.43. The lowest BCUT2D eigenvalue weighted by Crippen LogP contribution is -2.45. The zero-order valence-electron chi connectivity index (χ0n) is 16.3. The molecular formula is C20H27F3N2O2S. The Morgan fingerprint density at radius 3 is 2.50 bits per heavy atom. The van der Waals surface area contributed by atoms with E-state index in [9.17, 15) is 22.8 Å². The van der Waals surface area contributed by atoms with Crippen molar-refractivity contribution in [2.24, 2.45) is 17.8 Å². The van der Waals surface area contributed by atoms with Crippen molar-refractivity contribution < 1.29 is 22.8 Å². The molecule has 156 valence electrons. The molecule has 2 rings (SSSR count). The lowest BCUT2D eigenvalue weighted by Gasteiger charge is -2.33. The minimum absolute atomic E-state index is 0.125. The van der Waals surface area contributed by atoms with E-state index in [2.05, 4.69) is 12.2 Å². The lowest BCUT2D eigenvalue weighted by molar-refractivity contribution is -0.137. The van der Waals surface area contributed by atoms with Gasteiger partial charge in [0, 0.05) is 18.0 Å². The molecule has 1 aromatic rings. The minimum Gasteiger partial charge on any atom is -0.344 e. The summed E-state index contributed by atoms with van der Waals surface area (Å²) in [4.78, 5) is 26.4. The van der Waals surface area contributed by atoms with Crippen LogP contribution in [-0.4, -0.2) is 35.7 Å². The normalized spacial score (nSPS) is 24.8. The zero-order chi connectivity index (χ0) is 20.9. The van der Waals surface area contributed by atoms with Gasteiger partial charge >= 0.3 is 6.18 Å². The summed E-state index contributed by atoms with van der Waals surface area (Å²) in [5, 5.41) is 2.64. The van der Waals surface area contributed by atoms with Gasteiger partial charge in [0.2, 0.25) is 12.3 Å². The third-order valence-corrected chi connectivity index (χ3v) is 6.14. The van der Waals surface area contributed by atoms with Gasteiger partial charge in [-0.15, -0.1) is 11.8 Å². The molecule has 1 N–H and O–H groups in total. The molecule has 0 aromatic heterocycles. The van der Waals surface area contributed by atoms with Gasteiger partial charge in [-0.25, -0.2) is 0 Å². The Labute approximate surface area is 168 Å². The highest BCUT2D eigenvalue weighted by Crippen LogP contribution is 2.32. The summed E-state index contributed by atoms with van der Waals surface area (Å²) in [7, 11) is 0. The molecule has 4 nitrogen and oxygen atoms in total. The summed E-state index contributed by atoms with van der Waals surface area (Å²) < 4.78 is 38.0. The van der Waals surface area contributed by atoms with E-state index in [0.29, 0.717) is 23.9 Å². The van der Waals surface area contributed by atoms with Crippen LogP contribution in [0.15, 0.2) is 29.2 Å². The first-order valence-corrected chi connectivity index (χ1v) is 10.3. The Balaban J connectivity index is 1.98. The highest BCUT2D eigenvalue weighted by molar-refractivity contribution is 7.99. The molecule has 1 aliphatic heterocycles. The fourth-order valence-corrected chi connectivity index (χ4v) is 4.40. The van der Waals surface area contributed by atoms with E-state index in [4.69, 9.17) is 0 Å². The molecule has 0 radical (unpaired) electrons. The first-order chi connectivity index (χ1) is 13.1. The van der Waals surface area contributed by atoms with Gasteiger partial charge in [0.1, 0.15) is 0 Å². The average molecular weight is 417 g/mol. The molecule has 1 saturated heterocycles. The second kappa shape index (κ2) is 9.67. The summed E-state index contributed by atoms with van der Waals surface area (Å²) in [5.41, 5.74) is -0.694. The smallest absolute Gasteiger partial charge is 0.344 e. The number of benzene rings is 1. The quantitative estimate of drug-likeness (QED) is 0.440. The average Bonchev–Trinajstić information content (AvgIpc) is 2.59. The molecule has 0 saturated carbocycles. The lowest BCUT2D eigenvalue weighted by atomic mass is 9.82. The second-order valence-corrected chi connectivity index (χ2v) is 9.02.